The van der Waals surface area contributed by atoms with Gasteiger partial charge in [0, 0.05) is 12.0 Å². The Labute approximate surface area is 91.0 Å². The van der Waals surface area contributed by atoms with Crippen molar-refractivity contribution in [1.82, 2.24) is 0 Å². The van der Waals surface area contributed by atoms with Crippen LogP contribution in [0.3, 0.4) is 0 Å². The van der Waals surface area contributed by atoms with Crippen LogP contribution in [-0.4, -0.2) is 19.7 Å². The van der Waals surface area contributed by atoms with Gasteiger partial charge >= 0.3 is 11.9 Å². The van der Waals surface area contributed by atoms with E-state index in [2.05, 4.69) is 4.74 Å². The van der Waals surface area contributed by atoms with Gasteiger partial charge in [-0.15, -0.1) is 0 Å². The number of carbonyl (C=O) groups excluding carboxylic acids is 1. The molecule has 0 saturated carbocycles. The zero-order valence-electron chi connectivity index (χ0n) is 8.63. The summed E-state index contributed by atoms with van der Waals surface area (Å²) < 4.78 is 36.2. The molecule has 1 aliphatic rings. The zero-order valence-corrected chi connectivity index (χ0v) is 8.63. The van der Waals surface area contributed by atoms with E-state index in [1.807, 2.05) is 0 Å². The Hall–Kier alpha value is -1.65. The Bertz CT molecular complexity index is 429. The summed E-state index contributed by atoms with van der Waals surface area (Å²) in [5, 5.41) is 0. The molecule has 1 aromatic carbocycles. The molecule has 2 rings (SSSR count). The van der Waals surface area contributed by atoms with Gasteiger partial charge in [-0.3, -0.25) is 0 Å². The number of esters is 1. The van der Waals surface area contributed by atoms with Crippen LogP contribution in [0.2, 0.25) is 0 Å². The maximum absolute atomic E-state index is 13.5. The third-order valence-corrected chi connectivity index (χ3v) is 2.50. The van der Waals surface area contributed by atoms with Gasteiger partial charge in [-0.25, -0.2) is 4.79 Å². The second kappa shape index (κ2) is 3.73. The van der Waals surface area contributed by atoms with E-state index in [0.717, 1.165) is 12.7 Å². The first-order valence-electron chi connectivity index (χ1n) is 4.78. The van der Waals surface area contributed by atoms with Gasteiger partial charge in [-0.1, -0.05) is 12.1 Å². The average molecular weight is 228 g/mol. The number of hydrogen-bond donors (Lipinski definition) is 0. The van der Waals surface area contributed by atoms with E-state index in [9.17, 15) is 13.6 Å². The van der Waals surface area contributed by atoms with Crippen molar-refractivity contribution in [3.05, 3.63) is 29.3 Å². The van der Waals surface area contributed by atoms with Crippen molar-refractivity contribution in [2.45, 2.75) is 12.3 Å². The molecule has 0 fully saturated rings. The predicted octanol–water partition coefficient (Wildman–Crippen LogP) is 1.89. The van der Waals surface area contributed by atoms with Crippen LogP contribution >= 0.6 is 0 Å². The van der Waals surface area contributed by atoms with Crippen molar-refractivity contribution >= 4 is 5.97 Å². The third-order valence-electron chi connectivity index (χ3n) is 2.50. The molecule has 5 heteroatoms. The molecule has 1 heterocycles. The molecule has 0 saturated heterocycles. The summed E-state index contributed by atoms with van der Waals surface area (Å²) in [6, 6.07) is 3.97. The van der Waals surface area contributed by atoms with Gasteiger partial charge in [0.2, 0.25) is 0 Å². The molecule has 1 aliphatic heterocycles. The molecule has 1 aromatic rings. The molecule has 0 N–H and O–H groups in total. The fraction of sp³-hybridized carbons (Fsp3) is 0.364. The van der Waals surface area contributed by atoms with Crippen LogP contribution in [0.4, 0.5) is 8.78 Å². The van der Waals surface area contributed by atoms with Gasteiger partial charge in [0.15, 0.2) is 0 Å². The lowest BCUT2D eigenvalue weighted by atomic mass is 10.0. The van der Waals surface area contributed by atoms with Crippen LogP contribution in [0.1, 0.15) is 11.1 Å². The highest BCUT2D eigenvalue weighted by Gasteiger charge is 2.42. The van der Waals surface area contributed by atoms with Crippen molar-refractivity contribution in [2.75, 3.05) is 13.7 Å². The Kier molecular flexibility index (Phi) is 2.53. The van der Waals surface area contributed by atoms with Gasteiger partial charge in [0.25, 0.3) is 0 Å². The number of ether oxygens (including phenoxy) is 2. The summed E-state index contributed by atoms with van der Waals surface area (Å²) in [4.78, 5) is 10.9. The number of benzene rings is 1. The number of methoxy groups -OCH3 is 1. The highest BCUT2D eigenvalue weighted by atomic mass is 19.3. The number of rotatable bonds is 2. The van der Waals surface area contributed by atoms with Gasteiger partial charge in [-0.2, -0.15) is 8.78 Å². The van der Waals surface area contributed by atoms with Crippen LogP contribution < -0.4 is 4.74 Å². The Morgan fingerprint density at radius 2 is 2.25 bits per heavy atom. The lowest BCUT2D eigenvalue weighted by molar-refractivity contribution is -0.170. The second-order valence-electron chi connectivity index (χ2n) is 3.49. The van der Waals surface area contributed by atoms with Crippen molar-refractivity contribution < 1.29 is 23.0 Å². The lowest BCUT2D eigenvalue weighted by Gasteiger charge is -2.14. The zero-order chi connectivity index (χ0) is 11.8. The van der Waals surface area contributed by atoms with Gasteiger partial charge in [-0.05, 0) is 11.6 Å². The van der Waals surface area contributed by atoms with Crippen LogP contribution in [0.15, 0.2) is 18.2 Å². The first kappa shape index (κ1) is 10.9. The van der Waals surface area contributed by atoms with Gasteiger partial charge < -0.3 is 9.47 Å². The predicted molar refractivity (Wildman–Crippen MR) is 51.6 cm³/mol. The van der Waals surface area contributed by atoms with Crippen LogP contribution in [0.5, 0.6) is 5.75 Å². The van der Waals surface area contributed by atoms with Gasteiger partial charge in [0.1, 0.15) is 5.75 Å². The molecule has 0 aliphatic carbocycles. The van der Waals surface area contributed by atoms with Crippen LogP contribution in [0.25, 0.3) is 0 Å². The molecule has 0 radical (unpaired) electrons. The van der Waals surface area contributed by atoms with E-state index >= 15 is 0 Å². The fourth-order valence-electron chi connectivity index (χ4n) is 1.61. The number of alkyl halides is 2. The smallest absolute Gasteiger partial charge is 0.381 e. The van der Waals surface area contributed by atoms with E-state index in [4.69, 9.17) is 4.74 Å². The molecule has 86 valence electrons. The summed E-state index contributed by atoms with van der Waals surface area (Å²) in [6.45, 7) is 0.489. The molecule has 0 atom stereocenters. The second-order valence-corrected chi connectivity index (χ2v) is 3.49. The normalized spacial score (nSPS) is 14.2. The first-order chi connectivity index (χ1) is 7.55. The van der Waals surface area contributed by atoms with Crippen molar-refractivity contribution in [2.24, 2.45) is 0 Å². The molecule has 3 nitrogen and oxygen atoms in total. The van der Waals surface area contributed by atoms with Crippen molar-refractivity contribution in [3.63, 3.8) is 0 Å². The fourth-order valence-corrected chi connectivity index (χ4v) is 1.61. The molecular weight excluding hydrogens is 218 g/mol. The van der Waals surface area contributed by atoms with Crippen LogP contribution in [0, 0.1) is 0 Å². The standard InChI is InChI=1S/C11H10F2O3/c1-15-10(14)11(12,13)8-3-2-7-4-5-16-9(7)6-8/h2-3,6H,4-5H2,1H3. The largest absolute Gasteiger partial charge is 0.493 e. The molecular formula is C11H10F2O3. The van der Waals surface area contributed by atoms with Crippen LogP contribution in [-0.2, 0) is 21.9 Å². The monoisotopic (exact) mass is 228 g/mol. The highest BCUT2D eigenvalue weighted by molar-refractivity contribution is 5.79. The molecule has 0 spiro atoms. The highest BCUT2D eigenvalue weighted by Crippen LogP contribution is 2.34. The van der Waals surface area contributed by atoms with E-state index in [1.54, 1.807) is 6.07 Å². The minimum Gasteiger partial charge on any atom is -0.493 e. The number of fused-ring (bicyclic) bond motifs is 1. The molecule has 0 bridgehead atoms. The molecule has 0 aromatic heterocycles. The first-order valence-corrected chi connectivity index (χ1v) is 4.78. The average Bonchev–Trinajstić information content (AvgIpc) is 2.74. The van der Waals surface area contributed by atoms with E-state index in [1.165, 1.54) is 12.1 Å². The number of hydrogen-bond acceptors (Lipinski definition) is 3. The Morgan fingerprint density at radius 1 is 1.50 bits per heavy atom. The Balaban J connectivity index is 2.37. The van der Waals surface area contributed by atoms with E-state index in [0.29, 0.717) is 18.8 Å². The summed E-state index contributed by atoms with van der Waals surface area (Å²) in [5.41, 5.74) is 0.476. The van der Waals surface area contributed by atoms with Gasteiger partial charge in [0.05, 0.1) is 13.7 Å². The maximum atomic E-state index is 13.5. The minimum absolute atomic E-state index is 0.403. The summed E-state index contributed by atoms with van der Waals surface area (Å²) >= 11 is 0. The lowest BCUT2D eigenvalue weighted by Crippen LogP contribution is -2.27. The third kappa shape index (κ3) is 1.62. The summed E-state index contributed by atoms with van der Waals surface area (Å²) in [7, 11) is 0.931. The summed E-state index contributed by atoms with van der Waals surface area (Å²) in [6.07, 6.45) is 0.708. The van der Waals surface area contributed by atoms with Crippen molar-refractivity contribution in [3.8, 4) is 5.75 Å². The minimum atomic E-state index is -3.63. The molecule has 16 heavy (non-hydrogen) atoms. The molecule has 0 amide bonds. The quantitative estimate of drug-likeness (QED) is 0.725. The number of carbonyl (C=O) groups is 1. The van der Waals surface area contributed by atoms with E-state index in [-0.39, 0.29) is 0 Å². The van der Waals surface area contributed by atoms with E-state index < -0.39 is 17.5 Å². The SMILES string of the molecule is COC(=O)C(F)(F)c1ccc2c(c1)OCC2. The Morgan fingerprint density at radius 3 is 2.94 bits per heavy atom. The number of halogens is 2. The molecule has 0 unspecified atom stereocenters. The topological polar surface area (TPSA) is 35.5 Å². The van der Waals surface area contributed by atoms with Crippen molar-refractivity contribution in [1.29, 1.82) is 0 Å². The summed E-state index contributed by atoms with van der Waals surface area (Å²) in [5.74, 6) is -4.78. The maximum Gasteiger partial charge on any atom is 0.381 e.